The van der Waals surface area contributed by atoms with Gasteiger partial charge in [-0.1, -0.05) is 138 Å². The number of benzene rings is 3. The molecule has 6 aromatic rings. The summed E-state index contributed by atoms with van der Waals surface area (Å²) in [5.74, 6) is 0.594. The molecular formula is C75H105FN15O24P3S3. The number of amidine groups is 1. The number of nitrogen functional groups attached to an aromatic ring is 2. The van der Waals surface area contributed by atoms with Crippen molar-refractivity contribution in [3.63, 3.8) is 0 Å². The highest BCUT2D eigenvalue weighted by molar-refractivity contribution is 8.14. The second-order valence-corrected chi connectivity index (χ2v) is 38.9. The number of aliphatic imine (C=N–C) groups is 1. The number of carbonyl (C=O) groups excluding carboxylic acids is 3. The third-order valence-electron chi connectivity index (χ3n) is 19.1. The van der Waals surface area contributed by atoms with Gasteiger partial charge >= 0.3 is 28.9 Å². The first-order valence-electron chi connectivity index (χ1n) is 37.7. The molecule has 46 heteroatoms. The number of fused-ring (bicyclic) bond motifs is 1. The summed E-state index contributed by atoms with van der Waals surface area (Å²) in [4.78, 5) is 65.0. The van der Waals surface area contributed by atoms with Gasteiger partial charge in [0.15, 0.2) is 39.7 Å². The third-order valence-corrected chi connectivity index (χ3v) is 27.3. The van der Waals surface area contributed by atoms with E-state index in [1.807, 2.05) is 42.5 Å². The number of hydrogen-bond acceptors (Lipinski definition) is 35. The van der Waals surface area contributed by atoms with E-state index in [9.17, 15) is 79.3 Å². The van der Waals surface area contributed by atoms with Crippen molar-refractivity contribution in [2.45, 2.75) is 147 Å². The fourth-order valence-electron chi connectivity index (χ4n) is 11.5. The highest BCUT2D eigenvalue weighted by atomic mass is 32.2. The number of aromatic nitrogens is 4. The summed E-state index contributed by atoms with van der Waals surface area (Å²) in [6.07, 6.45) is -5.62. The minimum absolute atomic E-state index is 0.0578. The number of rotatable bonds is 40. The first-order chi connectivity index (χ1) is 57.0. The van der Waals surface area contributed by atoms with Gasteiger partial charge in [-0.05, 0) is 102 Å². The molecule has 3 aromatic heterocycles. The predicted octanol–water partition coefficient (Wildman–Crippen LogP) is 6.80. The Bertz CT molecular complexity index is 4810. The zero-order valence-electron chi connectivity index (χ0n) is 67.6. The molecule has 15 atom stereocenters. The van der Waals surface area contributed by atoms with Crippen LogP contribution in [0.2, 0.25) is 0 Å². The molecule has 3 fully saturated rings. The molecular weight excluding hydrogens is 1700 g/mol. The van der Waals surface area contributed by atoms with Crippen LogP contribution in [0.25, 0.3) is 21.5 Å². The molecule has 0 spiro atoms. The number of ether oxygens (including phenoxy) is 3. The van der Waals surface area contributed by atoms with Crippen molar-refractivity contribution in [2.75, 3.05) is 88.2 Å². The molecule has 39 nitrogen and oxygen atoms in total. The standard InChI is InChI=1S/C27H37N4O8PS.C24H34FN4O8PS.C24H34N7O8PS/c1-26(2,17-32)25(34)41-14-13-37-40(36,30-15-18-7-5-4-6-8-18)38-16-21-22(33)27(3,35)24(39-21)31-12-10-19-20(28)9-11-29-23(19)31;1-23(2,15-30)21(32)39-12-11-35-38(34,27-13-16-7-5-4-6-8-16)36-14-17-19(31)24(3,25)20(37-17)29-10-9-18(26)28-22(29)33;1-16-28-18(25)9-10-31(16)21-19(33)20(34)24(39-21,29-30-26)15-38-40(36,27-13-17-7-5-4-6-8-17)37-11-12-41-22(35)23(2,3)14-32/h4-12,21-22,24,32-33,35H,13-17H2,1-3H3,(H2,28,29)(H,30,36);4-10,17,19-20,30-31H,11-15H2,1-3H3,(H,27,34)(H2,26,28,33);4-10,19-21,32-34H,1,11-15H2,2-3H3,(H2,25,28)(H,27,36)/t21-,22?,24-,27+,40?;17-,19?,20-,24+,38?;19-,20?,21+,24+,40?/m110/s1. The largest absolute Gasteiger partial charge is 0.405 e. The van der Waals surface area contributed by atoms with E-state index in [2.05, 4.69) is 46.8 Å². The fraction of sp³-hybridized carbons (Fsp3) is 0.507. The minimum Gasteiger partial charge on any atom is -0.398 e. The number of pyridine rings is 1. The van der Waals surface area contributed by atoms with Crippen LogP contribution in [-0.4, -0.2) is 223 Å². The molecule has 3 aromatic carbocycles. The van der Waals surface area contributed by atoms with Crippen LogP contribution in [-0.2, 0) is 89.1 Å². The van der Waals surface area contributed by atoms with Crippen molar-refractivity contribution in [3.05, 3.63) is 190 Å². The van der Waals surface area contributed by atoms with Crippen LogP contribution in [0.1, 0.15) is 84.5 Å². The van der Waals surface area contributed by atoms with E-state index >= 15 is 4.39 Å². The van der Waals surface area contributed by atoms with E-state index in [-0.39, 0.29) is 116 Å². The summed E-state index contributed by atoms with van der Waals surface area (Å²) in [5.41, 5.74) is 19.7. The summed E-state index contributed by atoms with van der Waals surface area (Å²) in [7, 11) is -12.2. The van der Waals surface area contributed by atoms with Gasteiger partial charge in [0.2, 0.25) is 5.72 Å². The van der Waals surface area contributed by atoms with Crippen molar-refractivity contribution in [1.29, 1.82) is 0 Å². The lowest BCUT2D eigenvalue weighted by Crippen LogP contribution is -2.45. The van der Waals surface area contributed by atoms with Crippen LogP contribution in [0.4, 0.5) is 15.9 Å². The molecule has 4 aliphatic heterocycles. The van der Waals surface area contributed by atoms with Gasteiger partial charge in [0.25, 0.3) is 0 Å². The van der Waals surface area contributed by atoms with Crippen LogP contribution < -0.4 is 38.2 Å². The monoisotopic (exact) mass is 1810 g/mol. The van der Waals surface area contributed by atoms with Crippen molar-refractivity contribution in [3.8, 4) is 0 Å². The first-order valence-corrected chi connectivity index (χ1v) is 45.2. The molecule has 121 heavy (non-hydrogen) atoms. The Kier molecular flexibility index (Phi) is 35.7. The fourth-order valence-corrected chi connectivity index (χ4v) is 18.3. The zero-order valence-corrected chi connectivity index (χ0v) is 72.7. The Morgan fingerprint density at radius 2 is 1.08 bits per heavy atom. The zero-order chi connectivity index (χ0) is 88.9. The molecule has 664 valence electrons. The molecule has 0 saturated carbocycles. The Labute approximate surface area is 710 Å². The van der Waals surface area contributed by atoms with Gasteiger partial charge in [0.05, 0.1) is 75.7 Å². The lowest BCUT2D eigenvalue weighted by Gasteiger charge is -2.32. The summed E-state index contributed by atoms with van der Waals surface area (Å²) < 4.78 is 110. The number of azide groups is 1. The lowest BCUT2D eigenvalue weighted by atomic mass is 9.96. The summed E-state index contributed by atoms with van der Waals surface area (Å²) in [6.45, 7) is 13.1. The number of halogens is 1. The molecule has 0 aliphatic carbocycles. The second-order valence-electron chi connectivity index (χ2n) is 30.2. The molecule has 10 rings (SSSR count). The molecule has 0 amide bonds. The molecule has 6 unspecified atom stereocenters. The Morgan fingerprint density at radius 3 is 1.52 bits per heavy atom. The summed E-state index contributed by atoms with van der Waals surface area (Å²) in [5, 5.41) is 94.3. The number of aliphatic hydroxyl groups excluding tert-OH is 7. The van der Waals surface area contributed by atoms with Crippen LogP contribution in [0.15, 0.2) is 167 Å². The maximum Gasteiger partial charge on any atom is 0.405 e. The molecule has 0 radical (unpaired) electrons. The van der Waals surface area contributed by atoms with E-state index in [0.717, 1.165) is 63.5 Å². The number of anilines is 2. The van der Waals surface area contributed by atoms with E-state index in [0.29, 0.717) is 16.7 Å². The average Bonchev–Trinajstić information content (AvgIpc) is 1.61. The van der Waals surface area contributed by atoms with Crippen molar-refractivity contribution < 1.29 is 115 Å². The van der Waals surface area contributed by atoms with E-state index in [1.54, 1.807) is 113 Å². The number of thioether (sulfide) groups is 3. The first kappa shape index (κ1) is 99.2. The highest BCUT2D eigenvalue weighted by Crippen LogP contribution is 2.51. The van der Waals surface area contributed by atoms with Crippen LogP contribution in [0.5, 0.6) is 0 Å². The number of aliphatic hydroxyl groups is 8. The van der Waals surface area contributed by atoms with Crippen LogP contribution >= 0.6 is 58.5 Å². The van der Waals surface area contributed by atoms with E-state index in [4.69, 9.17) is 58.6 Å². The number of alkyl halides is 1. The van der Waals surface area contributed by atoms with Gasteiger partial charge in [-0.15, -0.1) is 0 Å². The smallest absolute Gasteiger partial charge is 0.398 e. The van der Waals surface area contributed by atoms with Gasteiger partial charge in [-0.25, -0.2) is 48.1 Å². The number of hydrogen-bond donors (Lipinski definition) is 14. The van der Waals surface area contributed by atoms with Crippen molar-refractivity contribution >= 4 is 102 Å². The predicted molar refractivity (Wildman–Crippen MR) is 451 cm³/mol. The third kappa shape index (κ3) is 26.4. The number of nitrogens with two attached hydrogens (primary N) is 3. The molecule has 4 aliphatic rings. The van der Waals surface area contributed by atoms with E-state index < -0.39 is 131 Å². The SMILES string of the molecule is C=C1N=C(N)C=CN1[C@@H]1O[C@@](COP(=O)(NCc2ccccc2)OCCSC(=O)C(C)(C)CO)(N=[N+]=[N-])C(O)[C@@H]1O.CC(C)(CO)C(=O)SCCOP(=O)(NCc1ccccc1)OC[C@H]1O[C@@H](n2ccc(N)nc2=O)[C@@](C)(F)C1O.CC(C)(CO)C(=O)SCCOP(=O)(NCc1ccccc1)OC[C@H]1O[C@@H](n2ccc3c(N)ccnc32)[C@@](C)(O)C1O. The van der Waals surface area contributed by atoms with Gasteiger partial charge < -0.3 is 81.7 Å². The number of carbonyl (C=O) groups is 3. The van der Waals surface area contributed by atoms with Crippen molar-refractivity contribution in [1.82, 2.24) is 39.3 Å². The molecule has 17 N–H and O–H groups in total. The maximum atomic E-state index is 15.5. The summed E-state index contributed by atoms with van der Waals surface area (Å²) >= 11 is 2.78. The van der Waals surface area contributed by atoms with Gasteiger partial charge in [-0.2, -0.15) is 4.98 Å². The van der Waals surface area contributed by atoms with Crippen LogP contribution in [0, 0.1) is 16.2 Å². The summed E-state index contributed by atoms with van der Waals surface area (Å²) in [6, 6.07) is 31.9. The van der Waals surface area contributed by atoms with Gasteiger partial charge in [0.1, 0.15) is 65.3 Å². The Balaban J connectivity index is 0.000000226. The highest BCUT2D eigenvalue weighted by Gasteiger charge is 2.59. The Hall–Kier alpha value is -7.23. The number of nitrogens with zero attached hydrogens (tertiary/aromatic N) is 9. The van der Waals surface area contributed by atoms with Gasteiger partial charge in [0, 0.05) is 77.7 Å². The lowest BCUT2D eigenvalue weighted by molar-refractivity contribution is -0.128. The molecule has 3 saturated heterocycles. The minimum atomic E-state index is -4.19. The van der Waals surface area contributed by atoms with Gasteiger partial charge in [-0.3, -0.25) is 46.1 Å². The second kappa shape index (κ2) is 43.6. The molecule has 0 bridgehead atoms. The maximum absolute atomic E-state index is 15.5. The number of nitrogens with one attached hydrogen (secondary N) is 3. The topological polar surface area (TPSA) is 579 Å². The van der Waals surface area contributed by atoms with E-state index in [1.165, 1.54) is 42.6 Å². The van der Waals surface area contributed by atoms with Crippen LogP contribution in [0.3, 0.4) is 0 Å². The van der Waals surface area contributed by atoms with Crippen molar-refractivity contribution in [2.24, 2.45) is 32.1 Å². The normalized spacial score (nSPS) is 25.1. The average molecular weight is 1810 g/mol. The quantitative estimate of drug-likeness (QED) is 0.00618. The Morgan fingerprint density at radius 1 is 0.645 bits per heavy atom. The molecule has 7 heterocycles.